The van der Waals surface area contributed by atoms with Crippen molar-refractivity contribution in [3.05, 3.63) is 34.9 Å². The van der Waals surface area contributed by atoms with E-state index >= 15 is 0 Å². The molecule has 2 aliphatic heterocycles. The molecule has 0 amide bonds. The summed E-state index contributed by atoms with van der Waals surface area (Å²) < 4.78 is 5.54. The molecule has 3 rings (SSSR count). The van der Waals surface area contributed by atoms with Gasteiger partial charge in [-0.05, 0) is 29.5 Å². The molecule has 1 saturated heterocycles. The smallest absolute Gasteiger partial charge is 0.0534 e. The van der Waals surface area contributed by atoms with Crippen molar-refractivity contribution in [2.45, 2.75) is 31.8 Å². The van der Waals surface area contributed by atoms with Crippen molar-refractivity contribution < 1.29 is 4.74 Å². The van der Waals surface area contributed by atoms with E-state index in [2.05, 4.69) is 23.5 Å². The molecular formula is C13H17NO. The number of ether oxygens (including phenoxy) is 1. The minimum Gasteiger partial charge on any atom is -0.381 e. The van der Waals surface area contributed by atoms with Crippen LogP contribution < -0.4 is 5.32 Å². The molecule has 15 heavy (non-hydrogen) atoms. The lowest BCUT2D eigenvalue weighted by molar-refractivity contribution is 0.0804. The lowest BCUT2D eigenvalue weighted by Gasteiger charge is -2.22. The van der Waals surface area contributed by atoms with Gasteiger partial charge in [0, 0.05) is 25.6 Å². The molecule has 2 heterocycles. The first-order chi connectivity index (χ1) is 7.43. The lowest BCUT2D eigenvalue weighted by atomic mass is 9.91. The maximum Gasteiger partial charge on any atom is 0.0534 e. The van der Waals surface area contributed by atoms with Gasteiger partial charge in [-0.1, -0.05) is 18.2 Å². The summed E-state index contributed by atoms with van der Waals surface area (Å²) in [5.41, 5.74) is 4.42. The van der Waals surface area contributed by atoms with E-state index in [9.17, 15) is 0 Å². The molecule has 1 fully saturated rings. The van der Waals surface area contributed by atoms with Gasteiger partial charge in [0.15, 0.2) is 0 Å². The highest BCUT2D eigenvalue weighted by Crippen LogP contribution is 2.28. The van der Waals surface area contributed by atoms with Crippen LogP contribution >= 0.6 is 0 Å². The Labute approximate surface area is 90.6 Å². The Morgan fingerprint density at radius 2 is 2.13 bits per heavy atom. The van der Waals surface area contributed by atoms with Crippen molar-refractivity contribution in [3.8, 4) is 0 Å². The van der Waals surface area contributed by atoms with Gasteiger partial charge < -0.3 is 10.1 Å². The summed E-state index contributed by atoms with van der Waals surface area (Å²) in [4.78, 5) is 0. The Bertz CT molecular complexity index is 356. The number of hydrogen-bond acceptors (Lipinski definition) is 2. The van der Waals surface area contributed by atoms with Crippen LogP contribution in [0.5, 0.6) is 0 Å². The number of hydrogen-bond donors (Lipinski definition) is 1. The van der Waals surface area contributed by atoms with E-state index in [0.717, 1.165) is 26.3 Å². The highest BCUT2D eigenvalue weighted by Gasteiger charge is 2.18. The molecule has 2 heteroatoms. The van der Waals surface area contributed by atoms with Crippen LogP contribution in [-0.2, 0) is 17.8 Å². The minimum absolute atomic E-state index is 0.629. The molecule has 0 saturated carbocycles. The van der Waals surface area contributed by atoms with Crippen LogP contribution in [0.15, 0.2) is 18.2 Å². The largest absolute Gasteiger partial charge is 0.381 e. The van der Waals surface area contributed by atoms with E-state index in [-0.39, 0.29) is 0 Å². The summed E-state index contributed by atoms with van der Waals surface area (Å²) in [7, 11) is 0. The third-order valence-corrected chi connectivity index (χ3v) is 3.49. The third kappa shape index (κ3) is 1.80. The fraction of sp³-hybridized carbons (Fsp3) is 0.538. The number of fused-ring (bicyclic) bond motifs is 1. The monoisotopic (exact) mass is 203 g/mol. The molecule has 0 spiro atoms. The zero-order valence-electron chi connectivity index (χ0n) is 8.96. The van der Waals surface area contributed by atoms with Crippen molar-refractivity contribution in [2.75, 3.05) is 13.2 Å². The number of nitrogens with one attached hydrogen (secondary N) is 1. The summed E-state index contributed by atoms with van der Waals surface area (Å²) in [6, 6.07) is 6.93. The second kappa shape index (κ2) is 3.95. The molecule has 1 aromatic carbocycles. The zero-order valence-corrected chi connectivity index (χ0v) is 8.96. The molecule has 80 valence electrons. The average Bonchev–Trinajstić information content (AvgIpc) is 2.77. The van der Waals surface area contributed by atoms with Gasteiger partial charge in [0.1, 0.15) is 0 Å². The molecule has 0 aromatic heterocycles. The second-order valence-corrected chi connectivity index (χ2v) is 4.55. The summed E-state index contributed by atoms with van der Waals surface area (Å²) in [5.74, 6) is 0.629. The number of rotatable bonds is 1. The molecule has 0 radical (unpaired) electrons. The highest BCUT2D eigenvalue weighted by molar-refractivity contribution is 5.36. The predicted octanol–water partition coefficient (Wildman–Crippen LogP) is 2.18. The first-order valence-corrected chi connectivity index (χ1v) is 5.83. The Balaban J connectivity index is 1.85. The van der Waals surface area contributed by atoms with Gasteiger partial charge in [-0.25, -0.2) is 0 Å². The van der Waals surface area contributed by atoms with Crippen molar-refractivity contribution >= 4 is 0 Å². The lowest BCUT2D eigenvalue weighted by Crippen LogP contribution is -2.15. The van der Waals surface area contributed by atoms with Gasteiger partial charge in [-0.2, -0.15) is 0 Å². The molecule has 2 aliphatic rings. The van der Waals surface area contributed by atoms with Crippen molar-refractivity contribution in [1.82, 2.24) is 5.32 Å². The molecule has 1 aromatic rings. The Kier molecular flexibility index (Phi) is 2.47. The summed E-state index contributed by atoms with van der Waals surface area (Å²) in [6.45, 7) is 3.93. The van der Waals surface area contributed by atoms with Gasteiger partial charge in [-0.3, -0.25) is 0 Å². The highest BCUT2D eigenvalue weighted by atomic mass is 16.5. The maximum absolute atomic E-state index is 5.54. The van der Waals surface area contributed by atoms with Crippen LogP contribution in [0, 0.1) is 0 Å². The van der Waals surface area contributed by atoms with Crippen molar-refractivity contribution in [3.63, 3.8) is 0 Å². The molecule has 1 atom stereocenters. The van der Waals surface area contributed by atoms with Gasteiger partial charge in [-0.15, -0.1) is 0 Å². The standard InChI is InChI=1S/C13H17NO/c1-2-12(9-15-5-1)10-3-4-11-7-14-8-13(11)6-10/h3-4,6,12,14H,1-2,5,7-9H2/t12-/m1/s1. The van der Waals surface area contributed by atoms with Crippen molar-refractivity contribution in [1.29, 1.82) is 0 Å². The Morgan fingerprint density at radius 1 is 1.20 bits per heavy atom. The minimum atomic E-state index is 0.629. The second-order valence-electron chi connectivity index (χ2n) is 4.55. The molecule has 0 aliphatic carbocycles. The fourth-order valence-electron chi connectivity index (χ4n) is 2.57. The summed E-state index contributed by atoms with van der Waals surface area (Å²) >= 11 is 0. The number of benzene rings is 1. The van der Waals surface area contributed by atoms with Crippen LogP contribution in [0.2, 0.25) is 0 Å². The zero-order chi connectivity index (χ0) is 10.1. The first kappa shape index (κ1) is 9.37. The molecule has 1 N–H and O–H groups in total. The van der Waals surface area contributed by atoms with E-state index in [4.69, 9.17) is 4.74 Å². The topological polar surface area (TPSA) is 21.3 Å². The van der Waals surface area contributed by atoms with E-state index in [1.54, 1.807) is 0 Å². The summed E-state index contributed by atoms with van der Waals surface area (Å²) in [6.07, 6.45) is 2.49. The third-order valence-electron chi connectivity index (χ3n) is 3.49. The van der Waals surface area contributed by atoms with Gasteiger partial charge in [0.2, 0.25) is 0 Å². The van der Waals surface area contributed by atoms with E-state index < -0.39 is 0 Å². The Hall–Kier alpha value is -0.860. The van der Waals surface area contributed by atoms with Gasteiger partial charge in [0.05, 0.1) is 6.61 Å². The van der Waals surface area contributed by atoms with Crippen LogP contribution in [0.25, 0.3) is 0 Å². The molecule has 0 bridgehead atoms. The van der Waals surface area contributed by atoms with Crippen molar-refractivity contribution in [2.24, 2.45) is 0 Å². The molecule has 0 unspecified atom stereocenters. The van der Waals surface area contributed by atoms with E-state index in [1.807, 2.05) is 0 Å². The summed E-state index contributed by atoms with van der Waals surface area (Å²) in [5, 5.41) is 3.39. The molecule has 2 nitrogen and oxygen atoms in total. The maximum atomic E-state index is 5.54. The SMILES string of the molecule is c1cc2c(cc1[C@@H]1CCCOC1)CNC2. The molecular weight excluding hydrogens is 186 g/mol. The van der Waals surface area contributed by atoms with E-state index in [1.165, 1.54) is 29.5 Å². The average molecular weight is 203 g/mol. The Morgan fingerprint density at radius 3 is 3.00 bits per heavy atom. The first-order valence-electron chi connectivity index (χ1n) is 5.83. The quantitative estimate of drug-likeness (QED) is 0.755. The van der Waals surface area contributed by atoms with Crippen LogP contribution in [0.4, 0.5) is 0 Å². The normalized spacial score (nSPS) is 25.2. The van der Waals surface area contributed by atoms with Gasteiger partial charge in [0.25, 0.3) is 0 Å². The fourth-order valence-corrected chi connectivity index (χ4v) is 2.57. The van der Waals surface area contributed by atoms with Crippen LogP contribution in [0.3, 0.4) is 0 Å². The van der Waals surface area contributed by atoms with Gasteiger partial charge >= 0.3 is 0 Å². The predicted molar refractivity (Wildman–Crippen MR) is 59.8 cm³/mol. The van der Waals surface area contributed by atoms with Crippen LogP contribution in [0.1, 0.15) is 35.4 Å². The van der Waals surface area contributed by atoms with Crippen LogP contribution in [-0.4, -0.2) is 13.2 Å². The van der Waals surface area contributed by atoms with E-state index in [0.29, 0.717) is 5.92 Å².